The Kier molecular flexibility index (Phi) is 6.70. The topological polar surface area (TPSA) is 92.8 Å². The van der Waals surface area contributed by atoms with Crippen LogP contribution in [0.25, 0.3) is 0 Å². The molecule has 7 nitrogen and oxygen atoms in total. The van der Waals surface area contributed by atoms with Gasteiger partial charge in [-0.3, -0.25) is 4.79 Å². The lowest BCUT2D eigenvalue weighted by Gasteiger charge is -2.21. The normalized spacial score (nSPS) is 11.4. The molecule has 0 aliphatic rings. The molecule has 0 saturated heterocycles. The second-order valence-corrected chi connectivity index (χ2v) is 8.13. The molecule has 0 unspecified atom stereocenters. The quantitative estimate of drug-likeness (QED) is 0.734. The molecule has 144 valence electrons. The first-order chi connectivity index (χ1) is 12.7. The van der Waals surface area contributed by atoms with E-state index in [1.54, 1.807) is 44.2 Å². The number of nitrogens with zero attached hydrogens (tertiary/aromatic N) is 1. The molecule has 0 spiro atoms. The summed E-state index contributed by atoms with van der Waals surface area (Å²) in [7, 11) is -2.07. The lowest BCUT2D eigenvalue weighted by atomic mass is 10.2. The summed E-state index contributed by atoms with van der Waals surface area (Å²) in [5, 5.41) is 2.55. The summed E-state index contributed by atoms with van der Waals surface area (Å²) in [6.45, 7) is 3.12. The van der Waals surface area contributed by atoms with E-state index < -0.39 is 28.5 Å². The Bertz CT molecular complexity index is 893. The van der Waals surface area contributed by atoms with Crippen molar-refractivity contribution < 1.29 is 22.7 Å². The van der Waals surface area contributed by atoms with Crippen LogP contribution in [0, 0.1) is 0 Å². The van der Waals surface area contributed by atoms with E-state index in [9.17, 15) is 18.0 Å². The number of esters is 1. The lowest BCUT2D eigenvalue weighted by molar-refractivity contribution is -0.119. The van der Waals surface area contributed by atoms with Crippen LogP contribution in [0.4, 0.5) is 5.69 Å². The monoisotopic (exact) mass is 390 g/mol. The van der Waals surface area contributed by atoms with Crippen molar-refractivity contribution >= 4 is 27.6 Å². The number of anilines is 1. The maximum atomic E-state index is 12.4. The van der Waals surface area contributed by atoms with E-state index in [0.29, 0.717) is 11.3 Å². The minimum Gasteiger partial charge on any atom is -0.452 e. The average Bonchev–Trinajstić information content (AvgIpc) is 2.66. The molecule has 2 aromatic carbocycles. The summed E-state index contributed by atoms with van der Waals surface area (Å²) >= 11 is 0. The maximum Gasteiger partial charge on any atom is 0.338 e. The third kappa shape index (κ3) is 5.38. The van der Waals surface area contributed by atoms with E-state index in [1.807, 2.05) is 0 Å². The van der Waals surface area contributed by atoms with Gasteiger partial charge in [0.15, 0.2) is 6.61 Å². The molecule has 2 aromatic rings. The Balaban J connectivity index is 1.94. The summed E-state index contributed by atoms with van der Waals surface area (Å²) < 4.78 is 31.0. The Morgan fingerprint density at radius 3 is 2.19 bits per heavy atom. The molecular weight excluding hydrogens is 368 g/mol. The van der Waals surface area contributed by atoms with Crippen LogP contribution in [0.15, 0.2) is 59.5 Å². The fraction of sp³-hybridized carbons (Fsp3) is 0.263. The molecule has 0 bridgehead atoms. The number of carbonyl (C=O) groups excluding carboxylic acids is 2. The summed E-state index contributed by atoms with van der Waals surface area (Å²) in [5.74, 6) is -1.11. The van der Waals surface area contributed by atoms with Gasteiger partial charge in [-0.15, -0.1) is 0 Å². The van der Waals surface area contributed by atoms with Crippen LogP contribution >= 0.6 is 0 Å². The number of amides is 1. The zero-order valence-corrected chi connectivity index (χ0v) is 16.2. The minimum absolute atomic E-state index is 0.132. The fourth-order valence-corrected chi connectivity index (χ4v) is 3.51. The van der Waals surface area contributed by atoms with Gasteiger partial charge in [0.25, 0.3) is 5.91 Å². The van der Waals surface area contributed by atoms with Gasteiger partial charge in [0.1, 0.15) is 0 Å². The number of hydrogen-bond donors (Lipinski definition) is 1. The van der Waals surface area contributed by atoms with E-state index in [-0.39, 0.29) is 10.9 Å². The molecule has 1 N–H and O–H groups in total. The van der Waals surface area contributed by atoms with Gasteiger partial charge in [-0.2, -0.15) is 4.31 Å². The molecule has 0 heterocycles. The number of carbonyl (C=O) groups is 2. The molecule has 8 heteroatoms. The fourth-order valence-electron chi connectivity index (χ4n) is 2.14. The number of hydrogen-bond acceptors (Lipinski definition) is 5. The zero-order chi connectivity index (χ0) is 20.0. The van der Waals surface area contributed by atoms with Crippen molar-refractivity contribution in [2.24, 2.45) is 0 Å². The molecule has 1 amide bonds. The molecule has 0 atom stereocenters. The summed E-state index contributed by atoms with van der Waals surface area (Å²) in [5.41, 5.74) is 0.760. The zero-order valence-electron chi connectivity index (χ0n) is 15.4. The molecule has 27 heavy (non-hydrogen) atoms. The van der Waals surface area contributed by atoms with E-state index in [1.165, 1.54) is 35.6 Å². The lowest BCUT2D eigenvalue weighted by Crippen LogP contribution is -2.33. The minimum atomic E-state index is -3.58. The second kappa shape index (κ2) is 8.79. The number of benzene rings is 2. The smallest absolute Gasteiger partial charge is 0.338 e. The molecule has 0 radical (unpaired) electrons. The summed E-state index contributed by atoms with van der Waals surface area (Å²) in [6, 6.07) is 14.0. The first-order valence-electron chi connectivity index (χ1n) is 8.32. The molecule has 0 aliphatic carbocycles. The van der Waals surface area contributed by atoms with Crippen molar-refractivity contribution in [2.45, 2.75) is 24.8 Å². The molecular formula is C19H22N2O5S. The predicted octanol–water partition coefficient (Wildman–Crippen LogP) is 2.51. The van der Waals surface area contributed by atoms with Crippen molar-refractivity contribution in [1.82, 2.24) is 4.31 Å². The first-order valence-corrected chi connectivity index (χ1v) is 9.76. The van der Waals surface area contributed by atoms with E-state index in [4.69, 9.17) is 4.74 Å². The summed E-state index contributed by atoms with van der Waals surface area (Å²) in [4.78, 5) is 23.8. The van der Waals surface area contributed by atoms with Crippen LogP contribution in [-0.2, 0) is 19.6 Å². The van der Waals surface area contributed by atoms with Gasteiger partial charge >= 0.3 is 5.97 Å². The molecule has 0 saturated carbocycles. The molecule has 0 aromatic heterocycles. The van der Waals surface area contributed by atoms with Crippen LogP contribution in [0.3, 0.4) is 0 Å². The van der Waals surface area contributed by atoms with E-state index >= 15 is 0 Å². The average molecular weight is 390 g/mol. The highest BCUT2D eigenvalue weighted by molar-refractivity contribution is 7.89. The third-order valence-electron chi connectivity index (χ3n) is 3.89. The van der Waals surface area contributed by atoms with Gasteiger partial charge < -0.3 is 10.1 Å². The second-order valence-electron chi connectivity index (χ2n) is 6.13. The molecule has 0 aliphatic heterocycles. The van der Waals surface area contributed by atoms with Crippen molar-refractivity contribution in [3.05, 3.63) is 60.2 Å². The number of ether oxygens (including phenoxy) is 1. The van der Waals surface area contributed by atoms with Gasteiger partial charge in [0.2, 0.25) is 10.0 Å². The Hall–Kier alpha value is -2.71. The third-order valence-corrected chi connectivity index (χ3v) is 5.93. The highest BCUT2D eigenvalue weighted by atomic mass is 32.2. The number of sulfonamides is 1. The van der Waals surface area contributed by atoms with Gasteiger partial charge in [-0.1, -0.05) is 18.2 Å². The SMILES string of the molecule is CC(C)N(C)S(=O)(=O)c1ccc(NC(=O)COC(=O)c2ccccc2)cc1. The van der Waals surface area contributed by atoms with Crippen molar-refractivity contribution in [1.29, 1.82) is 0 Å². The highest BCUT2D eigenvalue weighted by Gasteiger charge is 2.22. The number of rotatable bonds is 7. The van der Waals surface area contributed by atoms with Gasteiger partial charge in [0, 0.05) is 18.8 Å². The highest BCUT2D eigenvalue weighted by Crippen LogP contribution is 2.19. The van der Waals surface area contributed by atoms with Crippen molar-refractivity contribution in [3.63, 3.8) is 0 Å². The van der Waals surface area contributed by atoms with Crippen LogP contribution in [0.2, 0.25) is 0 Å². The van der Waals surface area contributed by atoms with Crippen molar-refractivity contribution in [2.75, 3.05) is 19.0 Å². The Morgan fingerprint density at radius 1 is 1.04 bits per heavy atom. The van der Waals surface area contributed by atoms with Crippen molar-refractivity contribution in [3.8, 4) is 0 Å². The van der Waals surface area contributed by atoms with Gasteiger partial charge in [-0.05, 0) is 50.2 Å². The molecule has 2 rings (SSSR count). The van der Waals surface area contributed by atoms with E-state index in [0.717, 1.165) is 0 Å². The summed E-state index contributed by atoms with van der Waals surface area (Å²) in [6.07, 6.45) is 0. The molecule has 0 fully saturated rings. The predicted molar refractivity (Wildman–Crippen MR) is 102 cm³/mol. The maximum absolute atomic E-state index is 12.4. The van der Waals surface area contributed by atoms with Crippen LogP contribution < -0.4 is 5.32 Å². The number of nitrogens with one attached hydrogen (secondary N) is 1. The largest absolute Gasteiger partial charge is 0.452 e. The van der Waals surface area contributed by atoms with Crippen LogP contribution in [0.5, 0.6) is 0 Å². The van der Waals surface area contributed by atoms with E-state index in [2.05, 4.69) is 5.32 Å². The standard InChI is InChI=1S/C19H22N2O5S/c1-14(2)21(3)27(24,25)17-11-9-16(10-12-17)20-18(22)13-26-19(23)15-7-5-4-6-8-15/h4-12,14H,13H2,1-3H3,(H,20,22). The van der Waals surface area contributed by atoms with Gasteiger partial charge in [0.05, 0.1) is 10.5 Å². The Labute approximate surface area is 159 Å². The first kappa shape index (κ1) is 20.6. The van der Waals surface area contributed by atoms with Crippen LogP contribution in [-0.4, -0.2) is 44.3 Å². The van der Waals surface area contributed by atoms with Crippen LogP contribution in [0.1, 0.15) is 24.2 Å². The van der Waals surface area contributed by atoms with Gasteiger partial charge in [-0.25, -0.2) is 13.2 Å². The Morgan fingerprint density at radius 2 is 1.63 bits per heavy atom.